The van der Waals surface area contributed by atoms with Crippen molar-refractivity contribution < 1.29 is 0 Å². The molecule has 0 aliphatic rings. The fourth-order valence-electron chi connectivity index (χ4n) is 1.43. The Hall–Kier alpha value is 0. The van der Waals surface area contributed by atoms with Crippen molar-refractivity contribution in [2.45, 2.75) is 59.9 Å². The minimum absolute atomic E-state index is 0. The summed E-state index contributed by atoms with van der Waals surface area (Å²) in [5, 5.41) is 6.68. The molecule has 0 radical (unpaired) electrons. The van der Waals surface area contributed by atoms with E-state index in [9.17, 15) is 0 Å². The van der Waals surface area contributed by atoms with Gasteiger partial charge in [-0.1, -0.05) is 26.7 Å². The van der Waals surface area contributed by atoms with E-state index in [0.29, 0.717) is 5.92 Å². The van der Waals surface area contributed by atoms with E-state index in [4.69, 9.17) is 0 Å². The zero-order valence-corrected chi connectivity index (χ0v) is 14.6. The van der Waals surface area contributed by atoms with Crippen LogP contribution < -0.4 is 10.6 Å². The third-order valence-electron chi connectivity index (χ3n) is 2.50. The molecule has 0 rings (SSSR count). The third kappa shape index (κ3) is 10.9. The Kier molecular flexibility index (Phi) is 11.3. The summed E-state index contributed by atoms with van der Waals surface area (Å²) >= 11 is 0. The molecule has 0 heterocycles. The molecule has 0 fully saturated rings. The first-order chi connectivity index (χ1) is 7.42. The van der Waals surface area contributed by atoms with Crippen LogP contribution in [-0.2, 0) is 0 Å². The van der Waals surface area contributed by atoms with Crippen LogP contribution in [0.4, 0.5) is 0 Å². The van der Waals surface area contributed by atoms with E-state index in [1.54, 1.807) is 0 Å². The maximum absolute atomic E-state index is 4.64. The average Bonchev–Trinajstić information content (AvgIpc) is 2.17. The van der Waals surface area contributed by atoms with Gasteiger partial charge in [0.1, 0.15) is 0 Å². The Balaban J connectivity index is 0. The number of guanidine groups is 1. The lowest BCUT2D eigenvalue weighted by Gasteiger charge is -2.24. The first kappa shape index (κ1) is 19.3. The fraction of sp³-hybridized carbons (Fsp3) is 0.923. The molecule has 0 atom stereocenters. The van der Waals surface area contributed by atoms with E-state index in [2.05, 4.69) is 57.2 Å². The Bertz CT molecular complexity index is 205. The standard InChI is InChI=1S/C13H29N3.HI/c1-7-11(8-2)10-15-12(14-9-3)16-13(4,5)6;/h11H,7-10H2,1-6H3,(H2,14,15,16);1H. The van der Waals surface area contributed by atoms with Crippen molar-refractivity contribution in [3.8, 4) is 0 Å². The molecule has 0 bridgehead atoms. The maximum Gasteiger partial charge on any atom is 0.191 e. The largest absolute Gasteiger partial charge is 0.357 e. The van der Waals surface area contributed by atoms with E-state index in [1.807, 2.05) is 0 Å². The van der Waals surface area contributed by atoms with Gasteiger partial charge >= 0.3 is 0 Å². The average molecular weight is 355 g/mol. The highest BCUT2D eigenvalue weighted by Gasteiger charge is 2.12. The molecule has 0 aromatic heterocycles. The van der Waals surface area contributed by atoms with E-state index in [1.165, 1.54) is 12.8 Å². The van der Waals surface area contributed by atoms with Gasteiger partial charge in [0.2, 0.25) is 0 Å². The second kappa shape index (κ2) is 9.97. The van der Waals surface area contributed by atoms with Crippen LogP contribution in [0.15, 0.2) is 4.99 Å². The van der Waals surface area contributed by atoms with Gasteiger partial charge in [0.25, 0.3) is 0 Å². The predicted octanol–water partition coefficient (Wildman–Crippen LogP) is 3.39. The summed E-state index contributed by atoms with van der Waals surface area (Å²) in [6.45, 7) is 14.8. The molecule has 3 nitrogen and oxygen atoms in total. The molecule has 0 aromatic carbocycles. The molecular weight excluding hydrogens is 325 g/mol. The Morgan fingerprint density at radius 2 is 1.65 bits per heavy atom. The van der Waals surface area contributed by atoms with Crippen LogP contribution in [0, 0.1) is 5.92 Å². The summed E-state index contributed by atoms with van der Waals surface area (Å²) in [6, 6.07) is 0. The molecule has 0 saturated heterocycles. The van der Waals surface area contributed by atoms with E-state index < -0.39 is 0 Å². The number of halogens is 1. The van der Waals surface area contributed by atoms with Crippen molar-refractivity contribution in [3.63, 3.8) is 0 Å². The predicted molar refractivity (Wildman–Crippen MR) is 88.4 cm³/mol. The van der Waals surface area contributed by atoms with Crippen LogP contribution in [0.1, 0.15) is 54.4 Å². The van der Waals surface area contributed by atoms with Gasteiger partial charge in [0, 0.05) is 18.6 Å². The summed E-state index contributed by atoms with van der Waals surface area (Å²) in [5.41, 5.74) is 0.0644. The SMILES string of the molecule is CCNC(=NCC(CC)CC)NC(C)(C)C.I. The molecule has 0 aliphatic heterocycles. The zero-order chi connectivity index (χ0) is 12.6. The van der Waals surface area contributed by atoms with Crippen molar-refractivity contribution in [1.82, 2.24) is 10.6 Å². The second-order valence-electron chi connectivity index (χ2n) is 5.28. The highest BCUT2D eigenvalue weighted by atomic mass is 127. The summed E-state index contributed by atoms with van der Waals surface area (Å²) in [7, 11) is 0. The molecule has 0 unspecified atom stereocenters. The molecule has 104 valence electrons. The molecule has 0 aliphatic carbocycles. The topological polar surface area (TPSA) is 36.4 Å². The van der Waals surface area contributed by atoms with E-state index >= 15 is 0 Å². The molecule has 2 N–H and O–H groups in total. The lowest BCUT2D eigenvalue weighted by molar-refractivity contribution is 0.485. The lowest BCUT2D eigenvalue weighted by Crippen LogP contribution is -2.47. The molecule has 0 spiro atoms. The first-order valence-corrected chi connectivity index (χ1v) is 6.49. The molecule has 17 heavy (non-hydrogen) atoms. The van der Waals surface area contributed by atoms with E-state index in [0.717, 1.165) is 19.0 Å². The Labute approximate surface area is 124 Å². The van der Waals surface area contributed by atoms with Gasteiger partial charge in [0.15, 0.2) is 5.96 Å². The first-order valence-electron chi connectivity index (χ1n) is 6.49. The Morgan fingerprint density at radius 1 is 1.12 bits per heavy atom. The highest BCUT2D eigenvalue weighted by molar-refractivity contribution is 14.0. The lowest BCUT2D eigenvalue weighted by atomic mass is 10.0. The van der Waals surface area contributed by atoms with Gasteiger partial charge in [-0.15, -0.1) is 24.0 Å². The molecule has 0 aromatic rings. The van der Waals surface area contributed by atoms with Crippen molar-refractivity contribution in [1.29, 1.82) is 0 Å². The van der Waals surface area contributed by atoms with Crippen molar-refractivity contribution in [2.75, 3.05) is 13.1 Å². The number of nitrogens with one attached hydrogen (secondary N) is 2. The number of rotatable bonds is 5. The van der Waals surface area contributed by atoms with Gasteiger partial charge in [-0.05, 0) is 33.6 Å². The molecule has 0 amide bonds. The number of nitrogens with zero attached hydrogens (tertiary/aromatic N) is 1. The number of aliphatic imine (C=N–C) groups is 1. The summed E-state index contributed by atoms with van der Waals surface area (Å²) in [5.74, 6) is 1.64. The van der Waals surface area contributed by atoms with Gasteiger partial charge in [-0.2, -0.15) is 0 Å². The van der Waals surface area contributed by atoms with Crippen LogP contribution in [-0.4, -0.2) is 24.6 Å². The third-order valence-corrected chi connectivity index (χ3v) is 2.50. The van der Waals surface area contributed by atoms with Crippen LogP contribution in [0.2, 0.25) is 0 Å². The molecule has 0 saturated carbocycles. The van der Waals surface area contributed by atoms with Crippen LogP contribution >= 0.6 is 24.0 Å². The Morgan fingerprint density at radius 3 is 2.00 bits per heavy atom. The highest BCUT2D eigenvalue weighted by Crippen LogP contribution is 2.07. The van der Waals surface area contributed by atoms with Gasteiger partial charge < -0.3 is 10.6 Å². The maximum atomic E-state index is 4.64. The molecule has 4 heteroatoms. The van der Waals surface area contributed by atoms with Gasteiger partial charge in [0.05, 0.1) is 0 Å². The molecular formula is C13H30IN3. The summed E-state index contributed by atoms with van der Waals surface area (Å²) in [6.07, 6.45) is 2.41. The summed E-state index contributed by atoms with van der Waals surface area (Å²) in [4.78, 5) is 4.64. The fourth-order valence-corrected chi connectivity index (χ4v) is 1.43. The van der Waals surface area contributed by atoms with Crippen LogP contribution in [0.25, 0.3) is 0 Å². The second-order valence-corrected chi connectivity index (χ2v) is 5.28. The minimum atomic E-state index is 0. The summed E-state index contributed by atoms with van der Waals surface area (Å²) < 4.78 is 0. The monoisotopic (exact) mass is 355 g/mol. The van der Waals surface area contributed by atoms with E-state index in [-0.39, 0.29) is 29.5 Å². The number of hydrogen-bond donors (Lipinski definition) is 2. The van der Waals surface area contributed by atoms with Crippen molar-refractivity contribution in [2.24, 2.45) is 10.9 Å². The number of hydrogen-bond acceptors (Lipinski definition) is 1. The van der Waals surface area contributed by atoms with Gasteiger partial charge in [-0.3, -0.25) is 4.99 Å². The van der Waals surface area contributed by atoms with Gasteiger partial charge in [-0.25, -0.2) is 0 Å². The van der Waals surface area contributed by atoms with Crippen LogP contribution in [0.3, 0.4) is 0 Å². The van der Waals surface area contributed by atoms with Crippen LogP contribution in [0.5, 0.6) is 0 Å². The van der Waals surface area contributed by atoms with Crippen molar-refractivity contribution in [3.05, 3.63) is 0 Å². The quantitative estimate of drug-likeness (QED) is 0.451. The smallest absolute Gasteiger partial charge is 0.191 e. The normalized spacial score (nSPS) is 12.3. The zero-order valence-electron chi connectivity index (χ0n) is 12.3. The van der Waals surface area contributed by atoms with Crippen molar-refractivity contribution >= 4 is 29.9 Å². The minimum Gasteiger partial charge on any atom is -0.357 e.